The van der Waals surface area contributed by atoms with Gasteiger partial charge >= 0.3 is 0 Å². The van der Waals surface area contributed by atoms with Gasteiger partial charge < -0.3 is 5.32 Å². The smallest absolute Gasteiger partial charge is 0.242 e. The number of ketones is 1. The van der Waals surface area contributed by atoms with Gasteiger partial charge in [0.25, 0.3) is 0 Å². The Bertz CT molecular complexity index is 952. The van der Waals surface area contributed by atoms with Crippen LogP contribution in [0.5, 0.6) is 0 Å². The number of nitrogens with zero attached hydrogens (tertiary/aromatic N) is 1. The first kappa shape index (κ1) is 23.8. The van der Waals surface area contributed by atoms with E-state index >= 15 is 0 Å². The SMILES string of the molecule is CCCCc1ccc(NC(=O)CCCN(C)S(=O)(=O)c2ccc(C(C)=O)cc2)cc1. The van der Waals surface area contributed by atoms with Gasteiger partial charge in [0, 0.05) is 31.3 Å². The van der Waals surface area contributed by atoms with Crippen molar-refractivity contribution in [1.29, 1.82) is 0 Å². The van der Waals surface area contributed by atoms with Gasteiger partial charge in [-0.25, -0.2) is 12.7 Å². The topological polar surface area (TPSA) is 83.6 Å². The first-order valence-corrected chi connectivity index (χ1v) is 11.6. The Kier molecular flexibility index (Phi) is 8.74. The number of hydrogen-bond acceptors (Lipinski definition) is 4. The number of unbranched alkanes of at least 4 members (excludes halogenated alkanes) is 1. The normalized spacial score (nSPS) is 11.5. The van der Waals surface area contributed by atoms with Crippen molar-refractivity contribution in [2.75, 3.05) is 18.9 Å². The molecule has 0 unspecified atom stereocenters. The van der Waals surface area contributed by atoms with Gasteiger partial charge in [-0.15, -0.1) is 0 Å². The molecule has 162 valence electrons. The fourth-order valence-corrected chi connectivity index (χ4v) is 4.19. The van der Waals surface area contributed by atoms with Gasteiger partial charge in [-0.1, -0.05) is 37.6 Å². The van der Waals surface area contributed by atoms with Crippen LogP contribution in [-0.4, -0.2) is 38.0 Å². The lowest BCUT2D eigenvalue weighted by molar-refractivity contribution is -0.116. The maximum absolute atomic E-state index is 12.6. The number of hydrogen-bond donors (Lipinski definition) is 1. The molecule has 0 atom stereocenters. The Balaban J connectivity index is 1.83. The van der Waals surface area contributed by atoms with Crippen LogP contribution in [0.2, 0.25) is 0 Å². The van der Waals surface area contributed by atoms with Gasteiger partial charge in [-0.2, -0.15) is 0 Å². The van der Waals surface area contributed by atoms with Crippen molar-refractivity contribution in [3.8, 4) is 0 Å². The molecular weight excluding hydrogens is 400 g/mol. The molecule has 0 aliphatic carbocycles. The first-order valence-electron chi connectivity index (χ1n) is 10.2. The van der Waals surface area contributed by atoms with Gasteiger partial charge in [0.2, 0.25) is 15.9 Å². The van der Waals surface area contributed by atoms with Crippen molar-refractivity contribution in [2.45, 2.75) is 50.8 Å². The van der Waals surface area contributed by atoms with Gasteiger partial charge in [0.05, 0.1) is 4.90 Å². The van der Waals surface area contributed by atoms with Gasteiger partial charge in [0.15, 0.2) is 5.78 Å². The van der Waals surface area contributed by atoms with Crippen LogP contribution >= 0.6 is 0 Å². The number of carbonyl (C=O) groups is 2. The quantitative estimate of drug-likeness (QED) is 0.540. The summed E-state index contributed by atoms with van der Waals surface area (Å²) in [7, 11) is -2.17. The molecule has 0 saturated heterocycles. The third kappa shape index (κ3) is 6.78. The van der Waals surface area contributed by atoms with E-state index < -0.39 is 10.0 Å². The summed E-state index contributed by atoms with van der Waals surface area (Å²) >= 11 is 0. The lowest BCUT2D eigenvalue weighted by atomic mass is 10.1. The van der Waals surface area contributed by atoms with E-state index in [4.69, 9.17) is 0 Å². The summed E-state index contributed by atoms with van der Waals surface area (Å²) in [6.45, 7) is 3.81. The number of aryl methyl sites for hydroxylation is 1. The minimum Gasteiger partial charge on any atom is -0.326 e. The summed E-state index contributed by atoms with van der Waals surface area (Å²) in [4.78, 5) is 23.6. The second-order valence-electron chi connectivity index (χ2n) is 7.36. The highest BCUT2D eigenvalue weighted by atomic mass is 32.2. The summed E-state index contributed by atoms with van der Waals surface area (Å²) in [6.07, 6.45) is 3.95. The number of Topliss-reactive ketones (excluding diaryl/α,β-unsaturated/α-hetero) is 1. The third-order valence-electron chi connectivity index (χ3n) is 4.90. The first-order chi connectivity index (χ1) is 14.2. The molecule has 0 spiro atoms. The van der Waals surface area contributed by atoms with Crippen LogP contribution in [0.1, 0.15) is 55.5 Å². The van der Waals surface area contributed by atoms with Crippen LogP contribution in [0.25, 0.3) is 0 Å². The van der Waals surface area contributed by atoms with Crippen molar-refractivity contribution in [2.24, 2.45) is 0 Å². The van der Waals surface area contributed by atoms with Crippen LogP contribution in [-0.2, 0) is 21.2 Å². The number of carbonyl (C=O) groups excluding carboxylic acids is 2. The number of anilines is 1. The summed E-state index contributed by atoms with van der Waals surface area (Å²) in [5.74, 6) is -0.262. The Hall–Kier alpha value is -2.51. The molecule has 1 amide bonds. The molecule has 0 bridgehead atoms. The number of sulfonamides is 1. The Morgan fingerprint density at radius 1 is 0.967 bits per heavy atom. The molecular formula is C23H30N2O4S. The number of benzene rings is 2. The lowest BCUT2D eigenvalue weighted by Gasteiger charge is -2.17. The molecule has 0 aliphatic rings. The molecule has 30 heavy (non-hydrogen) atoms. The van der Waals surface area contributed by atoms with E-state index in [2.05, 4.69) is 12.2 Å². The monoisotopic (exact) mass is 430 g/mol. The molecule has 0 aromatic heterocycles. The molecule has 0 radical (unpaired) electrons. The van der Waals surface area contributed by atoms with Crippen molar-refractivity contribution >= 4 is 27.4 Å². The Morgan fingerprint density at radius 2 is 1.60 bits per heavy atom. The van der Waals surface area contributed by atoms with E-state index in [1.165, 1.54) is 48.1 Å². The summed E-state index contributed by atoms with van der Waals surface area (Å²) in [5.41, 5.74) is 2.46. The molecule has 0 heterocycles. The molecule has 0 saturated carbocycles. The van der Waals surface area contributed by atoms with E-state index in [9.17, 15) is 18.0 Å². The molecule has 7 heteroatoms. The van der Waals surface area contributed by atoms with E-state index in [0.717, 1.165) is 24.9 Å². The highest BCUT2D eigenvalue weighted by Crippen LogP contribution is 2.17. The van der Waals surface area contributed by atoms with Gasteiger partial charge in [0.1, 0.15) is 0 Å². The van der Waals surface area contributed by atoms with Crippen LogP contribution in [0.3, 0.4) is 0 Å². The fourth-order valence-electron chi connectivity index (χ4n) is 2.98. The average Bonchev–Trinajstić information content (AvgIpc) is 2.73. The molecule has 2 aromatic rings. The molecule has 0 fully saturated rings. The van der Waals surface area contributed by atoms with E-state index in [1.807, 2.05) is 24.3 Å². The zero-order valence-corrected chi connectivity index (χ0v) is 18.7. The number of nitrogens with one attached hydrogen (secondary N) is 1. The van der Waals surface area contributed by atoms with Crippen molar-refractivity contribution in [3.05, 3.63) is 59.7 Å². The highest BCUT2D eigenvalue weighted by Gasteiger charge is 2.20. The van der Waals surface area contributed by atoms with E-state index in [-0.39, 0.29) is 29.6 Å². The summed E-state index contributed by atoms with van der Waals surface area (Å²) < 4.78 is 26.5. The molecule has 2 aromatic carbocycles. The third-order valence-corrected chi connectivity index (χ3v) is 6.77. The lowest BCUT2D eigenvalue weighted by Crippen LogP contribution is -2.28. The maximum Gasteiger partial charge on any atom is 0.242 e. The van der Waals surface area contributed by atoms with Crippen LogP contribution in [0, 0.1) is 0 Å². The summed E-state index contributed by atoms with van der Waals surface area (Å²) in [5, 5.41) is 2.85. The Morgan fingerprint density at radius 3 is 2.17 bits per heavy atom. The highest BCUT2D eigenvalue weighted by molar-refractivity contribution is 7.89. The van der Waals surface area contributed by atoms with Crippen LogP contribution < -0.4 is 5.32 Å². The summed E-state index contributed by atoms with van der Waals surface area (Å²) in [6, 6.07) is 13.7. The molecule has 1 N–H and O–H groups in total. The second-order valence-corrected chi connectivity index (χ2v) is 9.40. The van der Waals surface area contributed by atoms with E-state index in [0.29, 0.717) is 12.0 Å². The van der Waals surface area contributed by atoms with Crippen LogP contribution in [0.15, 0.2) is 53.4 Å². The largest absolute Gasteiger partial charge is 0.326 e. The van der Waals surface area contributed by atoms with Gasteiger partial charge in [-0.3, -0.25) is 9.59 Å². The van der Waals surface area contributed by atoms with Crippen LogP contribution in [0.4, 0.5) is 5.69 Å². The standard InChI is InChI=1S/C23H30N2O4S/c1-4-5-7-19-9-13-21(14-10-19)24-23(27)8-6-17-25(3)30(28,29)22-15-11-20(12-16-22)18(2)26/h9-16H,4-8,17H2,1-3H3,(H,24,27). The zero-order chi connectivity index (χ0) is 22.1. The van der Waals surface area contributed by atoms with Crippen molar-refractivity contribution in [1.82, 2.24) is 4.31 Å². The molecule has 0 aliphatic heterocycles. The van der Waals surface area contributed by atoms with Crippen molar-refractivity contribution < 1.29 is 18.0 Å². The molecule has 2 rings (SSSR count). The van der Waals surface area contributed by atoms with Gasteiger partial charge in [-0.05, 0) is 56.0 Å². The maximum atomic E-state index is 12.6. The minimum absolute atomic E-state index is 0.117. The zero-order valence-electron chi connectivity index (χ0n) is 17.8. The van der Waals surface area contributed by atoms with E-state index in [1.54, 1.807) is 0 Å². The fraction of sp³-hybridized carbons (Fsp3) is 0.391. The predicted molar refractivity (Wildman–Crippen MR) is 119 cm³/mol. The average molecular weight is 431 g/mol. The number of rotatable bonds is 11. The molecule has 6 nitrogen and oxygen atoms in total. The predicted octanol–water partition coefficient (Wildman–Crippen LogP) is 4.27. The van der Waals surface area contributed by atoms with Crippen molar-refractivity contribution in [3.63, 3.8) is 0 Å². The Labute approximate surface area is 179 Å². The minimum atomic E-state index is -3.66. The second kappa shape index (κ2) is 11.0. The number of amides is 1.